The molecule has 0 saturated heterocycles. The van der Waals surface area contributed by atoms with E-state index in [1.54, 1.807) is 4.90 Å². The van der Waals surface area contributed by atoms with Crippen LogP contribution in [0, 0.1) is 0 Å². The molecular formula is C19H22N2O2. The van der Waals surface area contributed by atoms with Crippen LogP contribution in [0.2, 0.25) is 0 Å². The van der Waals surface area contributed by atoms with E-state index in [9.17, 15) is 4.79 Å². The van der Waals surface area contributed by atoms with Crippen molar-refractivity contribution in [3.63, 3.8) is 0 Å². The van der Waals surface area contributed by atoms with Crippen LogP contribution in [0.5, 0.6) is 5.75 Å². The Morgan fingerprint density at radius 1 is 1.00 bits per heavy atom. The van der Waals surface area contributed by atoms with E-state index < -0.39 is 0 Å². The number of hydrogen-bond donors (Lipinski definition) is 1. The van der Waals surface area contributed by atoms with Gasteiger partial charge in [0.05, 0.1) is 5.56 Å². The molecule has 0 saturated carbocycles. The Hall–Kier alpha value is -2.33. The third-order valence-electron chi connectivity index (χ3n) is 4.00. The van der Waals surface area contributed by atoms with Crippen molar-refractivity contribution in [2.75, 3.05) is 26.4 Å². The van der Waals surface area contributed by atoms with Gasteiger partial charge in [0.25, 0.3) is 5.91 Å². The van der Waals surface area contributed by atoms with Gasteiger partial charge < -0.3 is 15.0 Å². The zero-order valence-electron chi connectivity index (χ0n) is 13.2. The van der Waals surface area contributed by atoms with E-state index in [-0.39, 0.29) is 5.91 Å². The molecule has 1 amide bonds. The minimum atomic E-state index is 0.0659. The molecular weight excluding hydrogens is 288 g/mol. The molecule has 2 aromatic rings. The van der Waals surface area contributed by atoms with E-state index in [4.69, 9.17) is 4.74 Å². The third kappa shape index (κ3) is 4.11. The maximum Gasteiger partial charge on any atom is 0.260 e. The first kappa shape index (κ1) is 15.6. The van der Waals surface area contributed by atoms with Crippen LogP contribution in [0.4, 0.5) is 0 Å². The van der Waals surface area contributed by atoms with E-state index in [0.717, 1.165) is 25.9 Å². The average molecular weight is 310 g/mol. The first-order valence-corrected chi connectivity index (χ1v) is 8.10. The van der Waals surface area contributed by atoms with Crippen LogP contribution in [-0.2, 0) is 6.42 Å². The molecule has 0 atom stereocenters. The molecule has 1 heterocycles. The Balaban J connectivity index is 1.36. The molecule has 0 radical (unpaired) electrons. The van der Waals surface area contributed by atoms with Crippen LogP contribution in [0.1, 0.15) is 22.3 Å². The van der Waals surface area contributed by atoms with Gasteiger partial charge in [0.1, 0.15) is 5.75 Å². The summed E-state index contributed by atoms with van der Waals surface area (Å²) >= 11 is 0. The summed E-state index contributed by atoms with van der Waals surface area (Å²) in [7, 11) is 0. The number of nitrogens with zero attached hydrogens (tertiary/aromatic N) is 1. The summed E-state index contributed by atoms with van der Waals surface area (Å²) < 4.78 is 5.63. The minimum absolute atomic E-state index is 0.0659. The van der Waals surface area contributed by atoms with Gasteiger partial charge in [-0.15, -0.1) is 0 Å². The minimum Gasteiger partial charge on any atom is -0.472 e. The van der Waals surface area contributed by atoms with Crippen LogP contribution in [0.25, 0.3) is 0 Å². The maximum atomic E-state index is 12.3. The molecule has 120 valence electrons. The summed E-state index contributed by atoms with van der Waals surface area (Å²) in [6.07, 6.45) is 1.95. The van der Waals surface area contributed by atoms with E-state index >= 15 is 0 Å². The number of nitrogens with one attached hydrogen (secondary N) is 1. The highest BCUT2D eigenvalue weighted by molar-refractivity contribution is 5.97. The normalized spacial score (nSPS) is 13.6. The fourth-order valence-corrected chi connectivity index (χ4v) is 2.71. The number of carbonyl (C=O) groups excluding carboxylic acids is 1. The molecule has 0 bridgehead atoms. The van der Waals surface area contributed by atoms with Gasteiger partial charge in [-0.2, -0.15) is 0 Å². The molecule has 0 aliphatic carbocycles. The highest BCUT2D eigenvalue weighted by Gasteiger charge is 2.24. The first-order valence-electron chi connectivity index (χ1n) is 8.10. The molecule has 23 heavy (non-hydrogen) atoms. The molecule has 1 aliphatic rings. The first-order chi connectivity index (χ1) is 11.3. The summed E-state index contributed by atoms with van der Waals surface area (Å²) in [4.78, 5) is 14.1. The molecule has 4 heteroatoms. The van der Waals surface area contributed by atoms with Crippen molar-refractivity contribution < 1.29 is 9.53 Å². The van der Waals surface area contributed by atoms with Gasteiger partial charge in [0.2, 0.25) is 0 Å². The number of fused-ring (bicyclic) bond motifs is 1. The van der Waals surface area contributed by atoms with Crippen LogP contribution < -0.4 is 10.1 Å². The number of carbonyl (C=O) groups is 1. The molecule has 0 spiro atoms. The summed E-state index contributed by atoms with van der Waals surface area (Å²) in [5.41, 5.74) is 2.01. The van der Waals surface area contributed by atoms with Crippen molar-refractivity contribution in [1.29, 1.82) is 0 Å². The summed E-state index contributed by atoms with van der Waals surface area (Å²) in [5.74, 6) is 0.755. The van der Waals surface area contributed by atoms with Crippen molar-refractivity contribution in [2.45, 2.75) is 12.8 Å². The van der Waals surface area contributed by atoms with Crippen molar-refractivity contribution >= 4 is 5.91 Å². The Bertz CT molecular complexity index is 643. The number of hydrogen-bond acceptors (Lipinski definition) is 3. The fraction of sp³-hybridized carbons (Fsp3) is 0.316. The smallest absolute Gasteiger partial charge is 0.260 e. The van der Waals surface area contributed by atoms with Crippen molar-refractivity contribution in [1.82, 2.24) is 10.2 Å². The van der Waals surface area contributed by atoms with Crippen LogP contribution in [0.3, 0.4) is 0 Å². The number of benzene rings is 2. The Morgan fingerprint density at radius 2 is 1.78 bits per heavy atom. The number of ether oxygens (including phenoxy) is 1. The van der Waals surface area contributed by atoms with Gasteiger partial charge in [-0.1, -0.05) is 42.5 Å². The fourth-order valence-electron chi connectivity index (χ4n) is 2.71. The molecule has 4 nitrogen and oxygen atoms in total. The lowest BCUT2D eigenvalue weighted by Crippen LogP contribution is -2.40. The quantitative estimate of drug-likeness (QED) is 0.800. The largest absolute Gasteiger partial charge is 0.472 e. The van der Waals surface area contributed by atoms with Crippen molar-refractivity contribution in [3.8, 4) is 5.75 Å². The highest BCUT2D eigenvalue weighted by Crippen LogP contribution is 2.24. The number of para-hydroxylation sites is 1. The third-order valence-corrected chi connectivity index (χ3v) is 4.00. The van der Waals surface area contributed by atoms with Gasteiger partial charge in [-0.05, 0) is 43.6 Å². The maximum absolute atomic E-state index is 12.3. The predicted molar refractivity (Wildman–Crippen MR) is 90.6 cm³/mol. The second-order valence-corrected chi connectivity index (χ2v) is 5.68. The standard InChI is InChI=1S/C19H22N2O2/c22-19-17-9-4-5-10-18(17)23-15-21(19)14-6-12-20-13-11-16-7-2-1-3-8-16/h1-5,7-10,20H,6,11-15H2. The Kier molecular flexibility index (Phi) is 5.27. The lowest BCUT2D eigenvalue weighted by atomic mass is 10.1. The molecule has 1 aliphatic heterocycles. The molecule has 0 unspecified atom stereocenters. The van der Waals surface area contributed by atoms with Gasteiger partial charge in [-0.25, -0.2) is 0 Å². The van der Waals surface area contributed by atoms with E-state index in [1.165, 1.54) is 5.56 Å². The monoisotopic (exact) mass is 310 g/mol. The van der Waals surface area contributed by atoms with Gasteiger partial charge >= 0.3 is 0 Å². The average Bonchev–Trinajstić information content (AvgIpc) is 2.61. The Labute approximate surface area is 137 Å². The Morgan fingerprint density at radius 3 is 2.65 bits per heavy atom. The van der Waals surface area contributed by atoms with Crippen molar-refractivity contribution in [2.24, 2.45) is 0 Å². The molecule has 2 aromatic carbocycles. The summed E-state index contributed by atoms with van der Waals surface area (Å²) in [6, 6.07) is 17.9. The number of rotatable bonds is 7. The molecule has 3 rings (SSSR count). The van der Waals surface area contributed by atoms with E-state index in [1.807, 2.05) is 30.3 Å². The zero-order chi connectivity index (χ0) is 15.9. The van der Waals surface area contributed by atoms with Crippen LogP contribution in [0.15, 0.2) is 54.6 Å². The highest BCUT2D eigenvalue weighted by atomic mass is 16.5. The van der Waals surface area contributed by atoms with Gasteiger partial charge in [0.15, 0.2) is 6.73 Å². The topological polar surface area (TPSA) is 41.6 Å². The van der Waals surface area contributed by atoms with Gasteiger partial charge in [0, 0.05) is 6.54 Å². The zero-order valence-corrected chi connectivity index (χ0v) is 13.2. The second-order valence-electron chi connectivity index (χ2n) is 5.68. The molecule has 0 aromatic heterocycles. The summed E-state index contributed by atoms with van der Waals surface area (Å²) in [5, 5.41) is 3.43. The van der Waals surface area contributed by atoms with Crippen molar-refractivity contribution in [3.05, 3.63) is 65.7 Å². The summed E-state index contributed by atoms with van der Waals surface area (Å²) in [6.45, 7) is 2.92. The predicted octanol–water partition coefficient (Wildman–Crippen LogP) is 2.70. The lowest BCUT2D eigenvalue weighted by molar-refractivity contribution is 0.0519. The molecule has 0 fully saturated rings. The molecule has 1 N–H and O–H groups in total. The van der Waals surface area contributed by atoms with E-state index in [0.29, 0.717) is 24.6 Å². The second kappa shape index (κ2) is 7.79. The SMILES string of the molecule is O=C1c2ccccc2OCN1CCCNCCc1ccccc1. The lowest BCUT2D eigenvalue weighted by Gasteiger charge is -2.28. The van der Waals surface area contributed by atoms with Crippen LogP contribution >= 0.6 is 0 Å². The number of amides is 1. The van der Waals surface area contributed by atoms with Gasteiger partial charge in [-0.3, -0.25) is 4.79 Å². The van der Waals surface area contributed by atoms with E-state index in [2.05, 4.69) is 29.6 Å². The van der Waals surface area contributed by atoms with Crippen LogP contribution in [-0.4, -0.2) is 37.2 Å².